The van der Waals surface area contributed by atoms with Gasteiger partial charge in [0.15, 0.2) is 0 Å². The number of β-lactam (4-membered cyclic amide) rings is 1. The van der Waals surface area contributed by atoms with E-state index in [1.807, 2.05) is 0 Å². The van der Waals surface area contributed by atoms with Crippen molar-refractivity contribution in [2.24, 2.45) is 0 Å². The fourth-order valence-electron chi connectivity index (χ4n) is 2.20. The molecule has 0 aromatic rings. The summed E-state index contributed by atoms with van der Waals surface area (Å²) >= 11 is 6.67. The summed E-state index contributed by atoms with van der Waals surface area (Å²) in [5.41, 5.74) is 0.158. The van der Waals surface area contributed by atoms with E-state index >= 15 is 0 Å². The van der Waals surface area contributed by atoms with Crippen molar-refractivity contribution in [3.05, 3.63) is 11.3 Å². The molecule has 0 saturated carbocycles. The van der Waals surface area contributed by atoms with Gasteiger partial charge in [-0.05, 0) is 0 Å². The van der Waals surface area contributed by atoms with Gasteiger partial charge in [0.2, 0.25) is 5.91 Å². The summed E-state index contributed by atoms with van der Waals surface area (Å²) in [6, 6.07) is -0.791. The Morgan fingerprint density at radius 1 is 1.50 bits per heavy atom. The van der Waals surface area contributed by atoms with Gasteiger partial charge in [-0.25, -0.2) is 4.79 Å². The maximum atomic E-state index is 12.1. The number of esters is 1. The van der Waals surface area contributed by atoms with Gasteiger partial charge in [-0.2, -0.15) is 0 Å². The topological polar surface area (TPSA) is 113 Å². The lowest BCUT2D eigenvalue weighted by Gasteiger charge is -2.49. The van der Waals surface area contributed by atoms with Gasteiger partial charge in [-0.1, -0.05) is 0 Å². The molecule has 0 aliphatic carbocycles. The third-order valence-corrected chi connectivity index (χ3v) is 4.72. The smallest absolute Gasteiger partial charge is 0.352 e. The predicted octanol–water partition coefficient (Wildman–Crippen LogP) is -0.473. The van der Waals surface area contributed by atoms with E-state index in [2.05, 4.69) is 5.32 Å². The number of hydrogen-bond donors (Lipinski definition) is 2. The summed E-state index contributed by atoms with van der Waals surface area (Å²) in [6.45, 7) is 1.03. The first-order chi connectivity index (χ1) is 10.4. The molecular weight excluding hydrogens is 336 g/mol. The molecule has 10 heteroatoms. The maximum Gasteiger partial charge on any atom is 0.352 e. The number of carboxylic acid groups (broad SMARTS) is 1. The van der Waals surface area contributed by atoms with Gasteiger partial charge in [-0.15, -0.1) is 23.4 Å². The van der Waals surface area contributed by atoms with Gasteiger partial charge in [-0.3, -0.25) is 19.3 Å². The van der Waals surface area contributed by atoms with Crippen LogP contribution < -0.4 is 5.32 Å². The zero-order valence-electron chi connectivity index (χ0n) is 11.5. The van der Waals surface area contributed by atoms with Crippen molar-refractivity contribution in [3.8, 4) is 0 Å². The van der Waals surface area contributed by atoms with Gasteiger partial charge in [0.1, 0.15) is 29.6 Å². The molecule has 120 valence electrons. The number of nitrogens with one attached hydrogen (secondary N) is 1. The van der Waals surface area contributed by atoms with E-state index in [1.165, 1.54) is 18.7 Å². The minimum Gasteiger partial charge on any atom is -0.477 e. The normalized spacial score (nSPS) is 23.5. The maximum absolute atomic E-state index is 12.1. The summed E-state index contributed by atoms with van der Waals surface area (Å²) < 4.78 is 4.81. The van der Waals surface area contributed by atoms with E-state index in [1.54, 1.807) is 0 Å². The molecule has 2 unspecified atom stereocenters. The zero-order valence-corrected chi connectivity index (χ0v) is 13.1. The van der Waals surface area contributed by atoms with Crippen molar-refractivity contribution in [2.75, 3.05) is 18.2 Å². The Labute approximate surface area is 134 Å². The van der Waals surface area contributed by atoms with Crippen LogP contribution in [0.15, 0.2) is 11.3 Å². The number of aliphatic carboxylic acids is 1. The number of nitrogens with zero attached hydrogens (tertiary/aromatic N) is 1. The molecule has 2 amide bonds. The van der Waals surface area contributed by atoms with Crippen molar-refractivity contribution in [1.82, 2.24) is 10.2 Å². The van der Waals surface area contributed by atoms with Crippen molar-refractivity contribution < 1.29 is 29.0 Å². The van der Waals surface area contributed by atoms with Crippen LogP contribution in [0.4, 0.5) is 0 Å². The van der Waals surface area contributed by atoms with Gasteiger partial charge < -0.3 is 15.2 Å². The number of halogens is 1. The van der Waals surface area contributed by atoms with Gasteiger partial charge >= 0.3 is 11.9 Å². The van der Waals surface area contributed by atoms with E-state index in [9.17, 15) is 24.3 Å². The van der Waals surface area contributed by atoms with Crippen LogP contribution in [-0.2, 0) is 23.9 Å². The Hall–Kier alpha value is -1.74. The number of hydrogen-bond acceptors (Lipinski definition) is 6. The fourth-order valence-corrected chi connectivity index (χ4v) is 3.60. The second-order valence-electron chi connectivity index (χ2n) is 4.63. The molecule has 8 nitrogen and oxygen atoms in total. The van der Waals surface area contributed by atoms with E-state index in [0.717, 1.165) is 4.90 Å². The second kappa shape index (κ2) is 6.57. The molecule has 0 aromatic carbocycles. The highest BCUT2D eigenvalue weighted by atomic mass is 35.5. The highest BCUT2D eigenvalue weighted by Crippen LogP contribution is 2.40. The van der Waals surface area contributed by atoms with Crippen LogP contribution in [0.2, 0.25) is 0 Å². The van der Waals surface area contributed by atoms with Crippen molar-refractivity contribution in [2.45, 2.75) is 18.3 Å². The largest absolute Gasteiger partial charge is 0.477 e. The number of ether oxygens (including phenoxy) is 1. The lowest BCUT2D eigenvalue weighted by Crippen LogP contribution is -2.70. The fraction of sp³-hybridized carbons (Fsp3) is 0.500. The van der Waals surface area contributed by atoms with Gasteiger partial charge in [0.25, 0.3) is 5.91 Å². The number of carboxylic acids is 1. The van der Waals surface area contributed by atoms with Crippen LogP contribution >= 0.6 is 23.4 Å². The summed E-state index contributed by atoms with van der Waals surface area (Å²) in [6.07, 6.45) is 0. The highest BCUT2D eigenvalue weighted by molar-refractivity contribution is 8.00. The third kappa shape index (κ3) is 3.05. The van der Waals surface area contributed by atoms with Crippen molar-refractivity contribution in [3.63, 3.8) is 0 Å². The first-order valence-electron chi connectivity index (χ1n) is 6.25. The highest BCUT2D eigenvalue weighted by Gasteiger charge is 2.54. The second-order valence-corrected chi connectivity index (χ2v) is 6.00. The lowest BCUT2D eigenvalue weighted by molar-refractivity contribution is -0.150. The van der Waals surface area contributed by atoms with Crippen LogP contribution in [0.25, 0.3) is 0 Å². The average Bonchev–Trinajstić information content (AvgIpc) is 2.48. The minimum absolute atomic E-state index is 0.181. The third-order valence-electron chi connectivity index (χ3n) is 3.14. The Balaban J connectivity index is 2.19. The van der Waals surface area contributed by atoms with Crippen LogP contribution in [0, 0.1) is 0 Å². The number of rotatable bonds is 5. The molecule has 1 fully saturated rings. The summed E-state index contributed by atoms with van der Waals surface area (Å²) in [4.78, 5) is 46.8. The SMILES string of the molecule is CC(=O)OCC1=C(C(=O)O)N2C(=O)C(NC(=O)CCl)C2SC1. The van der Waals surface area contributed by atoms with Crippen LogP contribution in [0.5, 0.6) is 0 Å². The molecule has 1 saturated heterocycles. The summed E-state index contributed by atoms with van der Waals surface area (Å²) in [5, 5.41) is 11.3. The molecule has 22 heavy (non-hydrogen) atoms. The molecule has 2 aliphatic rings. The summed E-state index contributed by atoms with van der Waals surface area (Å²) in [5.74, 6) is -2.81. The molecule has 2 aliphatic heterocycles. The zero-order chi connectivity index (χ0) is 16.4. The number of carbonyl (C=O) groups is 4. The number of carbonyl (C=O) groups excluding carboxylic acids is 3. The van der Waals surface area contributed by atoms with E-state index in [4.69, 9.17) is 16.3 Å². The molecule has 0 spiro atoms. The van der Waals surface area contributed by atoms with Gasteiger partial charge in [0.05, 0.1) is 0 Å². The Bertz CT molecular complexity index is 578. The van der Waals surface area contributed by atoms with E-state index in [0.29, 0.717) is 5.57 Å². The van der Waals surface area contributed by atoms with Crippen molar-refractivity contribution in [1.29, 1.82) is 0 Å². The van der Waals surface area contributed by atoms with Gasteiger partial charge in [0, 0.05) is 18.2 Å². The van der Waals surface area contributed by atoms with Crippen LogP contribution in [0.1, 0.15) is 6.92 Å². The standard InChI is InChI=1S/C12H13ClN2O6S/c1-5(16)21-3-6-4-22-11-8(14-7(17)2-13)10(18)15(11)9(6)12(19)20/h8,11H,2-4H2,1H3,(H,14,17)(H,19,20). The molecule has 2 heterocycles. The Morgan fingerprint density at radius 2 is 2.18 bits per heavy atom. The summed E-state index contributed by atoms with van der Waals surface area (Å²) in [7, 11) is 0. The number of thioether (sulfide) groups is 1. The first kappa shape index (κ1) is 16.6. The minimum atomic E-state index is -1.28. The number of amides is 2. The lowest BCUT2D eigenvalue weighted by atomic mass is 10.0. The monoisotopic (exact) mass is 348 g/mol. The molecule has 0 aromatic heterocycles. The Morgan fingerprint density at radius 3 is 2.73 bits per heavy atom. The van der Waals surface area contributed by atoms with Crippen LogP contribution in [0.3, 0.4) is 0 Å². The molecular formula is C12H13ClN2O6S. The van der Waals surface area contributed by atoms with E-state index in [-0.39, 0.29) is 23.9 Å². The quantitative estimate of drug-likeness (QED) is 0.392. The van der Waals surface area contributed by atoms with E-state index < -0.39 is 35.2 Å². The Kier molecular flexibility index (Phi) is 4.97. The molecule has 2 atom stereocenters. The average molecular weight is 349 g/mol. The van der Waals surface area contributed by atoms with Crippen molar-refractivity contribution >= 4 is 47.1 Å². The molecule has 0 radical (unpaired) electrons. The molecule has 2 rings (SSSR count). The molecule has 2 N–H and O–H groups in total. The predicted molar refractivity (Wildman–Crippen MR) is 77.0 cm³/mol. The number of alkyl halides is 1. The molecule has 0 bridgehead atoms. The number of fused-ring (bicyclic) bond motifs is 1. The first-order valence-corrected chi connectivity index (χ1v) is 7.83. The van der Waals surface area contributed by atoms with Crippen LogP contribution in [-0.4, -0.2) is 63.4 Å².